The van der Waals surface area contributed by atoms with Crippen LogP contribution in [-0.4, -0.2) is 26.2 Å². The molecule has 5 nitrogen and oxygen atoms in total. The van der Waals surface area contributed by atoms with E-state index in [0.29, 0.717) is 6.42 Å². The second-order valence-corrected chi connectivity index (χ2v) is 6.48. The van der Waals surface area contributed by atoms with E-state index in [1.165, 1.54) is 6.92 Å². The van der Waals surface area contributed by atoms with Gasteiger partial charge >= 0.3 is 5.97 Å². The zero-order valence-corrected chi connectivity index (χ0v) is 12.7. The smallest absolute Gasteiger partial charge is 0.324 e. The lowest BCUT2D eigenvalue weighted by Gasteiger charge is -2.13. The zero-order chi connectivity index (χ0) is 15.0. The zero-order valence-electron chi connectivity index (χ0n) is 11.8. The average molecular weight is 299 g/mol. The van der Waals surface area contributed by atoms with Gasteiger partial charge in [-0.2, -0.15) is 0 Å². The summed E-state index contributed by atoms with van der Waals surface area (Å²) in [6, 6.07) is 8.36. The van der Waals surface area contributed by atoms with Gasteiger partial charge in [0.15, 0.2) is 0 Å². The highest BCUT2D eigenvalue weighted by molar-refractivity contribution is 7.89. The van der Waals surface area contributed by atoms with Crippen molar-refractivity contribution >= 4 is 16.0 Å². The first kappa shape index (κ1) is 16.7. The molecule has 1 aromatic rings. The highest BCUT2D eigenvalue weighted by atomic mass is 32.2. The summed E-state index contributed by atoms with van der Waals surface area (Å²) in [5, 5.41) is 0. The third-order valence-corrected chi connectivity index (χ3v) is 4.24. The number of esters is 1. The molecule has 1 rings (SSSR count). The molecule has 0 fully saturated rings. The van der Waals surface area contributed by atoms with Crippen molar-refractivity contribution in [3.63, 3.8) is 0 Å². The topological polar surface area (TPSA) is 72.5 Å². The average Bonchev–Trinajstić information content (AvgIpc) is 2.43. The highest BCUT2D eigenvalue weighted by Crippen LogP contribution is 2.03. The molecule has 0 aliphatic rings. The first-order valence-electron chi connectivity index (χ1n) is 6.65. The molecule has 0 radical (unpaired) electrons. The van der Waals surface area contributed by atoms with E-state index in [4.69, 9.17) is 4.74 Å². The van der Waals surface area contributed by atoms with Crippen molar-refractivity contribution in [3.8, 4) is 0 Å². The molecule has 1 atom stereocenters. The second-order valence-electron chi connectivity index (χ2n) is 4.61. The molecule has 0 aliphatic carbocycles. The molecule has 0 heterocycles. The molecule has 0 aliphatic heterocycles. The van der Waals surface area contributed by atoms with Gasteiger partial charge in [0, 0.05) is 0 Å². The van der Waals surface area contributed by atoms with E-state index in [2.05, 4.69) is 4.72 Å². The Labute approximate surface area is 120 Å². The third kappa shape index (κ3) is 6.16. The van der Waals surface area contributed by atoms with Gasteiger partial charge in [0.1, 0.15) is 12.6 Å². The Morgan fingerprint density at radius 1 is 1.30 bits per heavy atom. The van der Waals surface area contributed by atoms with Gasteiger partial charge in [-0.15, -0.1) is 0 Å². The van der Waals surface area contributed by atoms with Crippen molar-refractivity contribution in [1.82, 2.24) is 4.72 Å². The summed E-state index contributed by atoms with van der Waals surface area (Å²) >= 11 is 0. The molecular formula is C14H21NO4S. The van der Waals surface area contributed by atoms with Crippen LogP contribution in [0.3, 0.4) is 0 Å². The molecular weight excluding hydrogens is 278 g/mol. The molecule has 0 amide bonds. The van der Waals surface area contributed by atoms with E-state index in [1.54, 1.807) is 0 Å². The molecule has 0 aromatic heterocycles. The van der Waals surface area contributed by atoms with Crippen molar-refractivity contribution in [1.29, 1.82) is 0 Å². The van der Waals surface area contributed by atoms with Crippen molar-refractivity contribution in [2.45, 2.75) is 39.3 Å². The predicted octanol–water partition coefficient (Wildman–Crippen LogP) is 1.84. The van der Waals surface area contributed by atoms with Gasteiger partial charge in [0.25, 0.3) is 0 Å². The summed E-state index contributed by atoms with van der Waals surface area (Å²) in [6.07, 6.45) is 1.36. The van der Waals surface area contributed by atoms with Gasteiger partial charge in [0.05, 0.1) is 5.75 Å². The van der Waals surface area contributed by atoms with Crippen molar-refractivity contribution in [2.24, 2.45) is 0 Å². The van der Waals surface area contributed by atoms with Gasteiger partial charge in [-0.25, -0.2) is 13.1 Å². The number of carbonyl (C=O) groups is 1. The minimum absolute atomic E-state index is 0.0276. The Kier molecular flexibility index (Phi) is 6.67. The number of sulfonamides is 1. The second kappa shape index (κ2) is 8.01. The standard InChI is InChI=1S/C14H21NO4S/c1-3-4-10-20(17,18)15-12(2)14(16)19-11-13-8-6-5-7-9-13/h5-9,12,15H,3-4,10-11H2,1-2H3. The fraction of sp³-hybridized carbons (Fsp3) is 0.500. The van der Waals surface area contributed by atoms with Gasteiger partial charge in [0.2, 0.25) is 10.0 Å². The maximum Gasteiger partial charge on any atom is 0.324 e. The maximum absolute atomic E-state index is 11.7. The molecule has 1 unspecified atom stereocenters. The lowest BCUT2D eigenvalue weighted by Crippen LogP contribution is -2.40. The minimum atomic E-state index is -3.42. The van der Waals surface area contributed by atoms with Crippen LogP contribution in [0.5, 0.6) is 0 Å². The Morgan fingerprint density at radius 2 is 1.95 bits per heavy atom. The summed E-state index contributed by atoms with van der Waals surface area (Å²) in [7, 11) is -3.42. The number of nitrogens with one attached hydrogen (secondary N) is 1. The largest absolute Gasteiger partial charge is 0.460 e. The summed E-state index contributed by atoms with van der Waals surface area (Å²) in [6.45, 7) is 3.53. The number of carbonyl (C=O) groups excluding carboxylic acids is 1. The van der Waals surface area contributed by atoms with Crippen LogP contribution in [0.1, 0.15) is 32.3 Å². The van der Waals surface area contributed by atoms with Crippen LogP contribution in [-0.2, 0) is 26.2 Å². The Hall–Kier alpha value is -1.40. The first-order valence-corrected chi connectivity index (χ1v) is 8.30. The fourth-order valence-electron chi connectivity index (χ4n) is 1.56. The number of ether oxygens (including phenoxy) is 1. The number of hydrogen-bond acceptors (Lipinski definition) is 4. The van der Waals surface area contributed by atoms with Crippen molar-refractivity contribution in [2.75, 3.05) is 5.75 Å². The van der Waals surface area contributed by atoms with Crippen LogP contribution < -0.4 is 4.72 Å². The monoisotopic (exact) mass is 299 g/mol. The summed E-state index contributed by atoms with van der Waals surface area (Å²) in [5.41, 5.74) is 0.863. The maximum atomic E-state index is 11.7. The lowest BCUT2D eigenvalue weighted by atomic mass is 10.2. The number of rotatable bonds is 8. The number of unbranched alkanes of at least 4 members (excludes halogenated alkanes) is 1. The van der Waals surface area contributed by atoms with Gasteiger partial charge in [-0.3, -0.25) is 4.79 Å². The molecule has 112 valence electrons. The highest BCUT2D eigenvalue weighted by Gasteiger charge is 2.20. The Balaban J connectivity index is 2.43. The van der Waals surface area contributed by atoms with Crippen LogP contribution >= 0.6 is 0 Å². The van der Waals surface area contributed by atoms with Gasteiger partial charge in [-0.1, -0.05) is 43.7 Å². The van der Waals surface area contributed by atoms with E-state index in [0.717, 1.165) is 12.0 Å². The van der Waals surface area contributed by atoms with Crippen molar-refractivity contribution in [3.05, 3.63) is 35.9 Å². The Morgan fingerprint density at radius 3 is 2.55 bits per heavy atom. The minimum Gasteiger partial charge on any atom is -0.460 e. The molecule has 0 bridgehead atoms. The SMILES string of the molecule is CCCCS(=O)(=O)NC(C)C(=O)OCc1ccccc1. The normalized spacial score (nSPS) is 12.9. The third-order valence-electron chi connectivity index (χ3n) is 2.70. The van der Waals surface area contributed by atoms with E-state index < -0.39 is 22.0 Å². The molecule has 1 aromatic carbocycles. The molecule has 0 spiro atoms. The molecule has 6 heteroatoms. The van der Waals surface area contributed by atoms with Crippen LogP contribution in [0.4, 0.5) is 0 Å². The summed E-state index contributed by atoms with van der Waals surface area (Å²) in [4.78, 5) is 11.7. The summed E-state index contributed by atoms with van der Waals surface area (Å²) in [5.74, 6) is -0.547. The van der Waals surface area contributed by atoms with E-state index in [-0.39, 0.29) is 12.4 Å². The van der Waals surface area contributed by atoms with Gasteiger partial charge < -0.3 is 4.74 Å². The number of hydrogen-bond donors (Lipinski definition) is 1. The molecule has 0 saturated heterocycles. The van der Waals surface area contributed by atoms with E-state index >= 15 is 0 Å². The Bertz CT molecular complexity index is 513. The predicted molar refractivity (Wildman–Crippen MR) is 77.5 cm³/mol. The quantitative estimate of drug-likeness (QED) is 0.743. The van der Waals surface area contributed by atoms with E-state index in [1.807, 2.05) is 37.3 Å². The first-order chi connectivity index (χ1) is 9.44. The lowest BCUT2D eigenvalue weighted by molar-refractivity contribution is -0.146. The van der Waals surface area contributed by atoms with Crippen molar-refractivity contribution < 1.29 is 17.9 Å². The van der Waals surface area contributed by atoms with Gasteiger partial charge in [-0.05, 0) is 18.9 Å². The van der Waals surface area contributed by atoms with Crippen LogP contribution in [0.25, 0.3) is 0 Å². The van der Waals surface area contributed by atoms with E-state index in [9.17, 15) is 13.2 Å². The summed E-state index contributed by atoms with van der Waals surface area (Å²) < 4.78 is 30.7. The van der Waals surface area contributed by atoms with Crippen LogP contribution in [0.15, 0.2) is 30.3 Å². The fourth-order valence-corrected chi connectivity index (χ4v) is 2.99. The number of benzene rings is 1. The van der Waals surface area contributed by atoms with Crippen LogP contribution in [0, 0.1) is 0 Å². The molecule has 1 N–H and O–H groups in total. The van der Waals surface area contributed by atoms with Crippen LogP contribution in [0.2, 0.25) is 0 Å². The molecule has 20 heavy (non-hydrogen) atoms. The molecule has 0 saturated carbocycles.